The lowest BCUT2D eigenvalue weighted by Gasteiger charge is -2.11. The van der Waals surface area contributed by atoms with Gasteiger partial charge in [-0.2, -0.15) is 0 Å². The molecule has 1 aliphatic heterocycles. The second kappa shape index (κ2) is 5.05. The van der Waals surface area contributed by atoms with E-state index < -0.39 is 6.10 Å². The van der Waals surface area contributed by atoms with Gasteiger partial charge in [-0.25, -0.2) is 0 Å². The van der Waals surface area contributed by atoms with Crippen molar-refractivity contribution in [3.63, 3.8) is 0 Å². The van der Waals surface area contributed by atoms with E-state index in [1.54, 1.807) is 0 Å². The van der Waals surface area contributed by atoms with Gasteiger partial charge in [0.05, 0.1) is 6.10 Å². The summed E-state index contributed by atoms with van der Waals surface area (Å²) < 4.78 is 10.5. The molecule has 0 aromatic heterocycles. The van der Waals surface area contributed by atoms with E-state index in [4.69, 9.17) is 15.2 Å². The number of ether oxygens (including phenoxy) is 2. The molecule has 0 bridgehead atoms. The molecule has 0 saturated heterocycles. The number of nitrogens with two attached hydrogens (primary N) is 1. The Morgan fingerprint density at radius 1 is 1.38 bits per heavy atom. The standard InChI is InChI=1S/C11H16N2O3/c12-4-3-9(14)6-13-8-1-2-10-11(5-8)16-7-15-10/h1-2,5,9,13-14H,3-4,6-7,12H2. The first-order valence-electron chi connectivity index (χ1n) is 5.31. The molecule has 1 heterocycles. The molecular weight excluding hydrogens is 208 g/mol. The number of hydrogen-bond donors (Lipinski definition) is 3. The van der Waals surface area contributed by atoms with Gasteiger partial charge in [0, 0.05) is 18.3 Å². The number of nitrogens with one attached hydrogen (secondary N) is 1. The Balaban J connectivity index is 1.90. The van der Waals surface area contributed by atoms with Crippen LogP contribution in [0.2, 0.25) is 0 Å². The molecule has 88 valence electrons. The second-order valence-corrected chi connectivity index (χ2v) is 3.68. The highest BCUT2D eigenvalue weighted by molar-refractivity contribution is 5.55. The molecule has 0 saturated carbocycles. The Hall–Kier alpha value is -1.46. The number of anilines is 1. The van der Waals surface area contributed by atoms with Crippen LogP contribution in [0, 0.1) is 0 Å². The van der Waals surface area contributed by atoms with Gasteiger partial charge in [-0.3, -0.25) is 0 Å². The van der Waals surface area contributed by atoms with Crippen LogP contribution in [0.4, 0.5) is 5.69 Å². The zero-order valence-electron chi connectivity index (χ0n) is 8.98. The van der Waals surface area contributed by atoms with E-state index in [-0.39, 0.29) is 6.79 Å². The van der Waals surface area contributed by atoms with Crippen molar-refractivity contribution in [2.24, 2.45) is 5.73 Å². The SMILES string of the molecule is NCCC(O)CNc1ccc2c(c1)OCO2. The van der Waals surface area contributed by atoms with Crippen molar-refractivity contribution in [3.8, 4) is 11.5 Å². The zero-order chi connectivity index (χ0) is 11.4. The van der Waals surface area contributed by atoms with Gasteiger partial charge in [-0.15, -0.1) is 0 Å². The molecule has 0 radical (unpaired) electrons. The van der Waals surface area contributed by atoms with Crippen molar-refractivity contribution < 1.29 is 14.6 Å². The Bertz CT molecular complexity index is 357. The lowest BCUT2D eigenvalue weighted by molar-refractivity contribution is 0.174. The van der Waals surface area contributed by atoms with Crippen LogP contribution in [0.15, 0.2) is 18.2 Å². The van der Waals surface area contributed by atoms with Crippen LogP contribution in [0.3, 0.4) is 0 Å². The van der Waals surface area contributed by atoms with Crippen LogP contribution >= 0.6 is 0 Å². The minimum atomic E-state index is -0.421. The minimum absolute atomic E-state index is 0.272. The Kier molecular flexibility index (Phi) is 3.48. The second-order valence-electron chi connectivity index (χ2n) is 3.68. The number of rotatable bonds is 5. The fraction of sp³-hybridized carbons (Fsp3) is 0.455. The number of benzene rings is 1. The average molecular weight is 224 g/mol. The number of hydrogen-bond acceptors (Lipinski definition) is 5. The van der Waals surface area contributed by atoms with Crippen LogP contribution in [0.25, 0.3) is 0 Å². The summed E-state index contributed by atoms with van der Waals surface area (Å²) in [6.45, 7) is 1.25. The third-order valence-corrected chi connectivity index (χ3v) is 2.41. The van der Waals surface area contributed by atoms with Gasteiger partial charge in [0.25, 0.3) is 0 Å². The Labute approximate surface area is 94.2 Å². The first kappa shape index (κ1) is 11.0. The maximum absolute atomic E-state index is 9.51. The van der Waals surface area contributed by atoms with E-state index >= 15 is 0 Å². The number of aliphatic hydroxyl groups is 1. The quantitative estimate of drug-likeness (QED) is 0.680. The molecular formula is C11H16N2O3. The summed E-state index contributed by atoms with van der Waals surface area (Å²) in [5.74, 6) is 1.49. The third-order valence-electron chi connectivity index (χ3n) is 2.41. The molecule has 1 atom stereocenters. The van der Waals surface area contributed by atoms with Crippen LogP contribution in [0.5, 0.6) is 11.5 Å². The summed E-state index contributed by atoms with van der Waals surface area (Å²) >= 11 is 0. The molecule has 4 N–H and O–H groups in total. The number of fused-ring (bicyclic) bond motifs is 1. The molecule has 5 nitrogen and oxygen atoms in total. The van der Waals surface area contributed by atoms with Gasteiger partial charge in [0.2, 0.25) is 6.79 Å². The van der Waals surface area contributed by atoms with Gasteiger partial charge < -0.3 is 25.6 Å². The highest BCUT2D eigenvalue weighted by atomic mass is 16.7. The Morgan fingerprint density at radius 2 is 2.19 bits per heavy atom. The van der Waals surface area contributed by atoms with E-state index in [2.05, 4.69) is 5.32 Å². The van der Waals surface area contributed by atoms with Gasteiger partial charge in [-0.1, -0.05) is 0 Å². The molecule has 1 unspecified atom stereocenters. The summed E-state index contributed by atoms with van der Waals surface area (Å²) in [7, 11) is 0. The fourth-order valence-corrected chi connectivity index (χ4v) is 1.54. The first-order chi connectivity index (χ1) is 7.79. The minimum Gasteiger partial charge on any atom is -0.454 e. The predicted octanol–water partition coefficient (Wildman–Crippen LogP) is 0.537. The van der Waals surface area contributed by atoms with Crippen molar-refractivity contribution in [3.05, 3.63) is 18.2 Å². The molecule has 5 heteroatoms. The monoisotopic (exact) mass is 224 g/mol. The molecule has 1 aromatic carbocycles. The van der Waals surface area contributed by atoms with Gasteiger partial charge in [-0.05, 0) is 25.1 Å². The van der Waals surface area contributed by atoms with E-state index in [1.165, 1.54) is 0 Å². The smallest absolute Gasteiger partial charge is 0.231 e. The van der Waals surface area contributed by atoms with Gasteiger partial charge >= 0.3 is 0 Å². The Morgan fingerprint density at radius 3 is 3.00 bits per heavy atom. The summed E-state index contributed by atoms with van der Waals surface area (Å²) in [6, 6.07) is 5.60. The molecule has 0 aliphatic carbocycles. The normalized spacial score (nSPS) is 14.9. The summed E-state index contributed by atoms with van der Waals surface area (Å²) in [6.07, 6.45) is 0.174. The summed E-state index contributed by atoms with van der Waals surface area (Å²) in [5, 5.41) is 12.6. The lowest BCUT2D eigenvalue weighted by Crippen LogP contribution is -2.22. The van der Waals surface area contributed by atoms with E-state index in [0.29, 0.717) is 19.5 Å². The molecule has 0 amide bonds. The topological polar surface area (TPSA) is 76.7 Å². The van der Waals surface area contributed by atoms with Crippen molar-refractivity contribution in [1.29, 1.82) is 0 Å². The average Bonchev–Trinajstić information content (AvgIpc) is 2.74. The molecule has 0 spiro atoms. The van der Waals surface area contributed by atoms with Crippen LogP contribution < -0.4 is 20.5 Å². The van der Waals surface area contributed by atoms with E-state index in [9.17, 15) is 5.11 Å². The fourth-order valence-electron chi connectivity index (χ4n) is 1.54. The summed E-state index contributed by atoms with van der Waals surface area (Å²) in [5.41, 5.74) is 6.25. The first-order valence-corrected chi connectivity index (χ1v) is 5.31. The molecule has 16 heavy (non-hydrogen) atoms. The van der Waals surface area contributed by atoms with E-state index in [0.717, 1.165) is 17.2 Å². The maximum atomic E-state index is 9.51. The lowest BCUT2D eigenvalue weighted by atomic mass is 10.2. The summed E-state index contributed by atoms with van der Waals surface area (Å²) in [4.78, 5) is 0. The van der Waals surface area contributed by atoms with Crippen molar-refractivity contribution >= 4 is 5.69 Å². The predicted molar refractivity (Wildman–Crippen MR) is 60.7 cm³/mol. The van der Waals surface area contributed by atoms with Crippen molar-refractivity contribution in [1.82, 2.24) is 0 Å². The highest BCUT2D eigenvalue weighted by Gasteiger charge is 2.13. The van der Waals surface area contributed by atoms with Gasteiger partial charge in [0.1, 0.15) is 0 Å². The van der Waals surface area contributed by atoms with Crippen LogP contribution in [-0.2, 0) is 0 Å². The highest BCUT2D eigenvalue weighted by Crippen LogP contribution is 2.34. The zero-order valence-corrected chi connectivity index (χ0v) is 8.98. The van der Waals surface area contributed by atoms with Crippen LogP contribution in [0.1, 0.15) is 6.42 Å². The third kappa shape index (κ3) is 2.56. The molecule has 1 aromatic rings. The van der Waals surface area contributed by atoms with Crippen LogP contribution in [-0.4, -0.2) is 31.1 Å². The van der Waals surface area contributed by atoms with Gasteiger partial charge in [0.15, 0.2) is 11.5 Å². The largest absolute Gasteiger partial charge is 0.454 e. The number of aliphatic hydroxyl groups excluding tert-OH is 1. The van der Waals surface area contributed by atoms with E-state index in [1.807, 2.05) is 18.2 Å². The maximum Gasteiger partial charge on any atom is 0.231 e. The van der Waals surface area contributed by atoms with Crippen molar-refractivity contribution in [2.75, 3.05) is 25.2 Å². The molecule has 1 aliphatic rings. The molecule has 0 fully saturated rings. The van der Waals surface area contributed by atoms with Crippen molar-refractivity contribution in [2.45, 2.75) is 12.5 Å². The molecule has 2 rings (SSSR count).